The summed E-state index contributed by atoms with van der Waals surface area (Å²) in [7, 11) is 1.72. The molecule has 3 nitrogen and oxygen atoms in total. The van der Waals surface area contributed by atoms with Crippen molar-refractivity contribution in [1.82, 2.24) is 4.90 Å². The predicted molar refractivity (Wildman–Crippen MR) is 82.8 cm³/mol. The Morgan fingerprint density at radius 2 is 2.06 bits per heavy atom. The summed E-state index contributed by atoms with van der Waals surface area (Å²) in [5.74, 6) is 0. The van der Waals surface area contributed by atoms with E-state index in [0.717, 1.165) is 28.6 Å². The standard InChI is InChI=1S/C13H20Br2N2O/c1-3-17(6-7-18-2)13(9-16)10-4-5-11(14)12(15)8-10/h4-5,8,13H,3,6-7,9,16H2,1-2H3. The molecule has 0 heterocycles. The Hall–Kier alpha value is 0.0600. The lowest BCUT2D eigenvalue weighted by Crippen LogP contribution is -2.36. The van der Waals surface area contributed by atoms with Crippen LogP contribution in [0.15, 0.2) is 27.1 Å². The molecule has 0 spiro atoms. The molecule has 1 unspecified atom stereocenters. The summed E-state index contributed by atoms with van der Waals surface area (Å²) < 4.78 is 7.26. The van der Waals surface area contributed by atoms with E-state index in [9.17, 15) is 0 Å². The van der Waals surface area contributed by atoms with Crippen LogP contribution in [-0.4, -0.2) is 38.3 Å². The zero-order chi connectivity index (χ0) is 13.5. The normalized spacial score (nSPS) is 13.0. The van der Waals surface area contributed by atoms with E-state index in [4.69, 9.17) is 10.5 Å². The molecule has 0 amide bonds. The molecule has 1 atom stereocenters. The molecule has 0 fully saturated rings. The van der Waals surface area contributed by atoms with Crippen molar-refractivity contribution in [2.45, 2.75) is 13.0 Å². The lowest BCUT2D eigenvalue weighted by molar-refractivity contribution is 0.125. The van der Waals surface area contributed by atoms with E-state index in [-0.39, 0.29) is 6.04 Å². The molecule has 18 heavy (non-hydrogen) atoms. The Kier molecular flexibility index (Phi) is 7.41. The van der Waals surface area contributed by atoms with Gasteiger partial charge in [-0.1, -0.05) is 13.0 Å². The SMILES string of the molecule is CCN(CCOC)C(CN)c1ccc(Br)c(Br)c1. The molecule has 0 aromatic heterocycles. The Morgan fingerprint density at radius 3 is 2.56 bits per heavy atom. The first kappa shape index (κ1) is 16.1. The second-order valence-corrected chi connectivity index (χ2v) is 5.76. The summed E-state index contributed by atoms with van der Waals surface area (Å²) in [6, 6.07) is 6.51. The number of hydrogen-bond donors (Lipinski definition) is 1. The predicted octanol–water partition coefficient (Wildman–Crippen LogP) is 3.18. The molecular weight excluding hydrogens is 360 g/mol. The molecule has 1 aromatic carbocycles. The van der Waals surface area contributed by atoms with Crippen molar-refractivity contribution in [2.24, 2.45) is 5.73 Å². The smallest absolute Gasteiger partial charge is 0.0589 e. The lowest BCUT2D eigenvalue weighted by Gasteiger charge is -2.30. The third-order valence-electron chi connectivity index (χ3n) is 2.98. The highest BCUT2D eigenvalue weighted by Crippen LogP contribution is 2.28. The van der Waals surface area contributed by atoms with Crippen molar-refractivity contribution >= 4 is 31.9 Å². The fraction of sp³-hybridized carbons (Fsp3) is 0.538. The summed E-state index contributed by atoms with van der Waals surface area (Å²) in [5.41, 5.74) is 7.16. The van der Waals surface area contributed by atoms with E-state index in [2.05, 4.69) is 55.8 Å². The molecule has 0 aliphatic carbocycles. The van der Waals surface area contributed by atoms with Gasteiger partial charge in [-0.25, -0.2) is 0 Å². The number of halogens is 2. The summed E-state index contributed by atoms with van der Waals surface area (Å²) in [4.78, 5) is 2.33. The molecule has 0 aliphatic heterocycles. The van der Waals surface area contributed by atoms with Crippen LogP contribution in [0, 0.1) is 0 Å². The van der Waals surface area contributed by atoms with Crippen LogP contribution in [0.1, 0.15) is 18.5 Å². The molecule has 0 aliphatic rings. The first-order valence-electron chi connectivity index (χ1n) is 6.02. The first-order chi connectivity index (χ1) is 8.63. The first-order valence-corrected chi connectivity index (χ1v) is 7.60. The third-order valence-corrected chi connectivity index (χ3v) is 4.86. The number of nitrogens with zero attached hydrogens (tertiary/aromatic N) is 1. The Balaban J connectivity index is 2.88. The van der Waals surface area contributed by atoms with Gasteiger partial charge < -0.3 is 10.5 Å². The van der Waals surface area contributed by atoms with Gasteiger partial charge in [-0.3, -0.25) is 4.90 Å². The van der Waals surface area contributed by atoms with Crippen LogP contribution >= 0.6 is 31.9 Å². The number of nitrogens with two attached hydrogens (primary N) is 1. The molecule has 0 saturated carbocycles. The quantitative estimate of drug-likeness (QED) is 0.790. The number of ether oxygens (including phenoxy) is 1. The molecule has 0 radical (unpaired) electrons. The maximum atomic E-state index is 5.93. The topological polar surface area (TPSA) is 38.5 Å². The molecule has 1 rings (SSSR count). The van der Waals surface area contributed by atoms with Crippen LogP contribution in [0.25, 0.3) is 0 Å². The number of methoxy groups -OCH3 is 1. The number of rotatable bonds is 7. The Morgan fingerprint density at radius 1 is 1.33 bits per heavy atom. The molecule has 2 N–H and O–H groups in total. The van der Waals surface area contributed by atoms with Crippen LogP contribution in [0.4, 0.5) is 0 Å². The molecule has 0 saturated heterocycles. The van der Waals surface area contributed by atoms with Gasteiger partial charge in [0.1, 0.15) is 0 Å². The van der Waals surface area contributed by atoms with Crippen molar-refractivity contribution < 1.29 is 4.74 Å². The zero-order valence-electron chi connectivity index (χ0n) is 10.8. The maximum absolute atomic E-state index is 5.93. The largest absolute Gasteiger partial charge is 0.383 e. The van der Waals surface area contributed by atoms with Gasteiger partial charge >= 0.3 is 0 Å². The van der Waals surface area contributed by atoms with Crippen molar-refractivity contribution in [2.75, 3.05) is 33.4 Å². The van der Waals surface area contributed by atoms with Crippen molar-refractivity contribution in [3.05, 3.63) is 32.7 Å². The van der Waals surface area contributed by atoms with Gasteiger partial charge in [-0.05, 0) is 56.1 Å². The van der Waals surface area contributed by atoms with Gasteiger partial charge in [-0.2, -0.15) is 0 Å². The van der Waals surface area contributed by atoms with Gasteiger partial charge in [0.15, 0.2) is 0 Å². The summed E-state index contributed by atoms with van der Waals surface area (Å²) >= 11 is 7.02. The molecule has 5 heteroatoms. The van der Waals surface area contributed by atoms with E-state index in [0.29, 0.717) is 6.54 Å². The average Bonchev–Trinajstić information content (AvgIpc) is 2.38. The van der Waals surface area contributed by atoms with E-state index in [1.807, 2.05) is 6.07 Å². The van der Waals surface area contributed by atoms with Gasteiger partial charge in [0.05, 0.1) is 6.61 Å². The highest BCUT2D eigenvalue weighted by Gasteiger charge is 2.18. The minimum Gasteiger partial charge on any atom is -0.383 e. The fourth-order valence-electron chi connectivity index (χ4n) is 1.96. The maximum Gasteiger partial charge on any atom is 0.0589 e. The van der Waals surface area contributed by atoms with Crippen LogP contribution in [0.2, 0.25) is 0 Å². The minimum atomic E-state index is 0.231. The Bertz CT molecular complexity index is 374. The van der Waals surface area contributed by atoms with Crippen molar-refractivity contribution in [3.8, 4) is 0 Å². The van der Waals surface area contributed by atoms with Crippen LogP contribution < -0.4 is 5.73 Å². The summed E-state index contributed by atoms with van der Waals surface area (Å²) in [5, 5.41) is 0. The molecule has 102 valence electrons. The van der Waals surface area contributed by atoms with Gasteiger partial charge in [0.25, 0.3) is 0 Å². The van der Waals surface area contributed by atoms with Gasteiger partial charge in [0, 0.05) is 35.2 Å². The number of hydrogen-bond acceptors (Lipinski definition) is 3. The van der Waals surface area contributed by atoms with Gasteiger partial charge in [0.2, 0.25) is 0 Å². The second kappa shape index (κ2) is 8.27. The minimum absolute atomic E-state index is 0.231. The monoisotopic (exact) mass is 378 g/mol. The molecule has 0 bridgehead atoms. The second-order valence-electron chi connectivity index (χ2n) is 4.05. The molecule has 1 aromatic rings. The van der Waals surface area contributed by atoms with Crippen LogP contribution in [-0.2, 0) is 4.74 Å². The van der Waals surface area contributed by atoms with Crippen molar-refractivity contribution in [3.63, 3.8) is 0 Å². The van der Waals surface area contributed by atoms with E-state index in [1.54, 1.807) is 7.11 Å². The third kappa shape index (κ3) is 4.31. The van der Waals surface area contributed by atoms with Crippen LogP contribution in [0.5, 0.6) is 0 Å². The fourth-order valence-corrected chi connectivity index (χ4v) is 2.60. The number of benzene rings is 1. The zero-order valence-corrected chi connectivity index (χ0v) is 14.0. The summed E-state index contributed by atoms with van der Waals surface area (Å²) in [6.07, 6.45) is 0. The van der Waals surface area contributed by atoms with Gasteiger partial charge in [-0.15, -0.1) is 0 Å². The van der Waals surface area contributed by atoms with Crippen molar-refractivity contribution in [1.29, 1.82) is 0 Å². The van der Waals surface area contributed by atoms with E-state index < -0.39 is 0 Å². The summed E-state index contributed by atoms with van der Waals surface area (Å²) in [6.45, 7) is 5.32. The van der Waals surface area contributed by atoms with E-state index in [1.165, 1.54) is 5.56 Å². The number of likely N-dealkylation sites (N-methyl/N-ethyl adjacent to an activating group) is 1. The van der Waals surface area contributed by atoms with Crippen LogP contribution in [0.3, 0.4) is 0 Å². The highest BCUT2D eigenvalue weighted by molar-refractivity contribution is 9.13. The average molecular weight is 380 g/mol. The lowest BCUT2D eigenvalue weighted by atomic mass is 10.1. The highest BCUT2D eigenvalue weighted by atomic mass is 79.9. The molecular formula is C13H20Br2N2O. The van der Waals surface area contributed by atoms with E-state index >= 15 is 0 Å². The Labute approximate surface area is 126 Å².